The maximum atomic E-state index is 13.7. The van der Waals surface area contributed by atoms with E-state index >= 15 is 0 Å². The van der Waals surface area contributed by atoms with Crippen LogP contribution >= 0.6 is 19.4 Å². The number of rotatable bonds is 34. The summed E-state index contributed by atoms with van der Waals surface area (Å²) >= 11 is 6.05. The quantitative estimate of drug-likeness (QED) is 0.0262. The SMILES string of the molecule is CCCCCCCCCCCCCCCCCC(=O)OC[C@H](COP(=O)([O-])OCC[N+](C)(C)C)OC(=O)CCCNC(=O)Cc1c(C)n(C(=O)c2ccc(Cl)cc2)c2ccc(OC)cc12. The Labute approximate surface area is 392 Å². The number of methoxy groups -OCH3 is 1. The Kier molecular flexibility index (Phi) is 25.4. The van der Waals surface area contributed by atoms with E-state index in [1.54, 1.807) is 54.0 Å². The zero-order valence-electron chi connectivity index (χ0n) is 39.8. The molecule has 1 aromatic heterocycles. The first-order valence-electron chi connectivity index (χ1n) is 23.5. The molecule has 0 bridgehead atoms. The van der Waals surface area contributed by atoms with Crippen molar-refractivity contribution in [3.05, 3.63) is 64.3 Å². The monoisotopic (exact) mass is 947 g/mol. The van der Waals surface area contributed by atoms with Gasteiger partial charge in [0.15, 0.2) is 6.10 Å². The summed E-state index contributed by atoms with van der Waals surface area (Å²) in [5, 5.41) is 4.02. The number of phosphoric ester groups is 1. The Bertz CT molecular complexity index is 1960. The van der Waals surface area contributed by atoms with Crippen molar-refractivity contribution in [3.63, 3.8) is 0 Å². The molecule has 3 rings (SSSR count). The second-order valence-electron chi connectivity index (χ2n) is 17.8. The van der Waals surface area contributed by atoms with Crippen LogP contribution in [0.25, 0.3) is 10.9 Å². The Morgan fingerprint density at radius 3 is 1.95 bits per heavy atom. The molecular weight excluding hydrogens is 873 g/mol. The standard InChI is InChI=1S/C49H75ClN3O11P/c1-7-8-9-10-11-12-13-14-15-16-17-18-19-20-21-23-47(55)61-36-42(37-63-65(58,59)62-33-32-53(3,4)5)64-48(56)24-22-31-51-46(54)35-43-38(2)52(45-30-29-41(60-6)34-44(43)45)49(57)39-25-27-40(50)28-26-39/h25-30,34,42H,7-24,31-33,35-37H2,1-6H3,(H-,51,54,58,59)/t42-/m1/s1. The maximum Gasteiger partial charge on any atom is 0.306 e. The number of hydrogen-bond donors (Lipinski definition) is 1. The lowest BCUT2D eigenvalue weighted by Gasteiger charge is -2.28. The molecule has 364 valence electrons. The number of fused-ring (bicyclic) bond motifs is 1. The summed E-state index contributed by atoms with van der Waals surface area (Å²) < 4.78 is 41.0. The molecule has 0 fully saturated rings. The fraction of sp³-hybridized carbons (Fsp3) is 0.633. The second-order valence-corrected chi connectivity index (χ2v) is 19.7. The van der Waals surface area contributed by atoms with E-state index in [1.165, 1.54) is 77.7 Å². The molecule has 65 heavy (non-hydrogen) atoms. The normalized spacial score (nSPS) is 13.0. The molecule has 2 atom stereocenters. The van der Waals surface area contributed by atoms with Crippen molar-refractivity contribution in [2.45, 2.75) is 142 Å². The van der Waals surface area contributed by atoms with Crippen LogP contribution in [0.3, 0.4) is 0 Å². The third kappa shape index (κ3) is 22.0. The van der Waals surface area contributed by atoms with Crippen LogP contribution in [0.4, 0.5) is 0 Å². The minimum absolute atomic E-state index is 0.0445. The molecular formula is C49H75ClN3O11P. The van der Waals surface area contributed by atoms with Gasteiger partial charge in [0.25, 0.3) is 13.7 Å². The van der Waals surface area contributed by atoms with E-state index in [0.717, 1.165) is 19.3 Å². The van der Waals surface area contributed by atoms with E-state index in [9.17, 15) is 28.6 Å². The number of phosphoric acid groups is 1. The summed E-state index contributed by atoms with van der Waals surface area (Å²) in [7, 11) is 2.45. The third-order valence-corrected chi connectivity index (χ3v) is 12.4. The van der Waals surface area contributed by atoms with Crippen LogP contribution in [-0.4, -0.2) is 100 Å². The highest BCUT2D eigenvalue weighted by Gasteiger charge is 2.24. The molecule has 0 aliphatic carbocycles. The van der Waals surface area contributed by atoms with Crippen molar-refractivity contribution in [2.75, 3.05) is 61.2 Å². The number of ether oxygens (including phenoxy) is 3. The minimum Gasteiger partial charge on any atom is -0.756 e. The molecule has 0 radical (unpaired) electrons. The molecule has 0 saturated carbocycles. The summed E-state index contributed by atoms with van der Waals surface area (Å²) in [4.78, 5) is 65.0. The first-order chi connectivity index (χ1) is 31.0. The molecule has 0 aliphatic heterocycles. The van der Waals surface area contributed by atoms with Gasteiger partial charge in [-0.2, -0.15) is 0 Å². The van der Waals surface area contributed by atoms with Crippen LogP contribution < -0.4 is 14.9 Å². The molecule has 1 unspecified atom stereocenters. The summed E-state index contributed by atoms with van der Waals surface area (Å²) in [6, 6.07) is 11.9. The van der Waals surface area contributed by atoms with Crippen LogP contribution in [0.2, 0.25) is 5.02 Å². The molecule has 0 spiro atoms. The number of aromatic nitrogens is 1. The highest BCUT2D eigenvalue weighted by Crippen LogP contribution is 2.38. The topological polar surface area (TPSA) is 172 Å². The van der Waals surface area contributed by atoms with E-state index < -0.39 is 39.1 Å². The number of carbonyl (C=O) groups is 4. The van der Waals surface area contributed by atoms with Gasteiger partial charge in [0.2, 0.25) is 5.91 Å². The number of likely N-dealkylation sites (N-methyl/N-ethyl adjacent to an activating group) is 1. The number of amides is 1. The first kappa shape index (κ1) is 55.5. The van der Waals surface area contributed by atoms with Gasteiger partial charge in [0.1, 0.15) is 25.5 Å². The van der Waals surface area contributed by atoms with Crippen molar-refractivity contribution in [1.82, 2.24) is 9.88 Å². The fourth-order valence-electron chi connectivity index (χ4n) is 7.38. The molecule has 0 saturated heterocycles. The number of unbranched alkanes of at least 4 members (excludes halogenated alkanes) is 14. The molecule has 1 amide bonds. The van der Waals surface area contributed by atoms with Gasteiger partial charge in [-0.25, -0.2) is 0 Å². The lowest BCUT2D eigenvalue weighted by Crippen LogP contribution is -2.37. The first-order valence-corrected chi connectivity index (χ1v) is 25.4. The predicted molar refractivity (Wildman–Crippen MR) is 253 cm³/mol. The summed E-state index contributed by atoms with van der Waals surface area (Å²) in [5.41, 5.74) is 2.29. The van der Waals surface area contributed by atoms with Gasteiger partial charge in [-0.15, -0.1) is 0 Å². The van der Waals surface area contributed by atoms with Gasteiger partial charge in [-0.05, 0) is 67.8 Å². The van der Waals surface area contributed by atoms with Crippen LogP contribution in [0, 0.1) is 6.92 Å². The minimum atomic E-state index is -4.75. The van der Waals surface area contributed by atoms with Gasteiger partial charge in [0, 0.05) is 41.1 Å². The van der Waals surface area contributed by atoms with Gasteiger partial charge in [0.05, 0.1) is 46.8 Å². The number of halogens is 1. The number of hydrogen-bond acceptors (Lipinski definition) is 11. The average molecular weight is 949 g/mol. The average Bonchev–Trinajstić information content (AvgIpc) is 3.53. The third-order valence-electron chi connectivity index (χ3n) is 11.2. The molecule has 2 aromatic carbocycles. The zero-order chi connectivity index (χ0) is 47.7. The fourth-order valence-corrected chi connectivity index (χ4v) is 8.23. The maximum absolute atomic E-state index is 13.7. The Morgan fingerprint density at radius 1 is 0.785 bits per heavy atom. The van der Waals surface area contributed by atoms with Crippen molar-refractivity contribution in [3.8, 4) is 5.75 Å². The molecule has 16 heteroatoms. The van der Waals surface area contributed by atoms with Crippen LogP contribution in [0.1, 0.15) is 144 Å². The Morgan fingerprint density at radius 2 is 1.37 bits per heavy atom. The number of benzene rings is 2. The molecule has 3 aromatic rings. The molecule has 1 N–H and O–H groups in total. The lowest BCUT2D eigenvalue weighted by molar-refractivity contribution is -0.870. The molecule has 1 heterocycles. The number of nitrogens with zero attached hydrogens (tertiary/aromatic N) is 2. The van der Waals surface area contributed by atoms with Crippen LogP contribution in [-0.2, 0) is 43.9 Å². The van der Waals surface area contributed by atoms with E-state index in [0.29, 0.717) is 55.9 Å². The zero-order valence-corrected chi connectivity index (χ0v) is 41.5. The Hall–Kier alpha value is -3.78. The summed E-state index contributed by atoms with van der Waals surface area (Å²) in [6.45, 7) is 3.46. The number of carbonyl (C=O) groups excluding carboxylic acids is 4. The van der Waals surface area contributed by atoms with E-state index in [-0.39, 0.29) is 50.6 Å². The van der Waals surface area contributed by atoms with Crippen molar-refractivity contribution >= 4 is 54.1 Å². The number of quaternary nitrogens is 1. The summed E-state index contributed by atoms with van der Waals surface area (Å²) in [6.07, 6.45) is 17.2. The van der Waals surface area contributed by atoms with Crippen molar-refractivity contribution < 1.29 is 56.4 Å². The van der Waals surface area contributed by atoms with Gasteiger partial charge >= 0.3 is 11.9 Å². The highest BCUT2D eigenvalue weighted by molar-refractivity contribution is 7.45. The highest BCUT2D eigenvalue weighted by atomic mass is 35.5. The van der Waals surface area contributed by atoms with E-state index in [2.05, 4.69) is 12.2 Å². The van der Waals surface area contributed by atoms with Gasteiger partial charge < -0.3 is 38.0 Å². The van der Waals surface area contributed by atoms with Crippen molar-refractivity contribution in [2.24, 2.45) is 0 Å². The number of nitrogens with one attached hydrogen (secondary N) is 1. The van der Waals surface area contributed by atoms with Crippen LogP contribution in [0.5, 0.6) is 5.75 Å². The molecule has 14 nitrogen and oxygen atoms in total. The van der Waals surface area contributed by atoms with Gasteiger partial charge in [-0.3, -0.25) is 28.3 Å². The molecule has 0 aliphatic rings. The summed E-state index contributed by atoms with van der Waals surface area (Å²) in [5.74, 6) is -1.20. The number of esters is 2. The van der Waals surface area contributed by atoms with Gasteiger partial charge in [-0.1, -0.05) is 108 Å². The van der Waals surface area contributed by atoms with Crippen LogP contribution in [0.15, 0.2) is 42.5 Å². The van der Waals surface area contributed by atoms with E-state index in [4.69, 9.17) is 34.9 Å². The Balaban J connectivity index is 1.46. The second kappa shape index (κ2) is 29.8. The van der Waals surface area contributed by atoms with Crippen molar-refractivity contribution in [1.29, 1.82) is 0 Å². The largest absolute Gasteiger partial charge is 0.756 e. The lowest BCUT2D eigenvalue weighted by atomic mass is 10.0. The predicted octanol–water partition coefficient (Wildman–Crippen LogP) is 9.66. The van der Waals surface area contributed by atoms with E-state index in [1.807, 2.05) is 21.1 Å². The smallest absolute Gasteiger partial charge is 0.306 e.